The van der Waals surface area contributed by atoms with Crippen LogP contribution in [0.1, 0.15) is 83.2 Å². The first kappa shape index (κ1) is 38.0. The van der Waals surface area contributed by atoms with Crippen LogP contribution in [0.4, 0.5) is 0 Å². The molecule has 2 aliphatic rings. The first-order valence-corrected chi connectivity index (χ1v) is 18.8. The zero-order chi connectivity index (χ0) is 38.0. The van der Waals surface area contributed by atoms with Crippen LogP contribution in [0, 0.1) is 17.3 Å². The van der Waals surface area contributed by atoms with Gasteiger partial charge in [0, 0.05) is 67.0 Å². The van der Waals surface area contributed by atoms with Crippen molar-refractivity contribution in [2.45, 2.75) is 91.8 Å². The molecule has 2 amide bonds. The molecule has 1 aliphatic carbocycles. The van der Waals surface area contributed by atoms with E-state index in [2.05, 4.69) is 48.9 Å². The van der Waals surface area contributed by atoms with Crippen LogP contribution in [-0.4, -0.2) is 63.8 Å². The van der Waals surface area contributed by atoms with Crippen LogP contribution in [0.2, 0.25) is 0 Å². The molecule has 1 saturated carbocycles. The van der Waals surface area contributed by atoms with Gasteiger partial charge in [0.2, 0.25) is 5.91 Å². The van der Waals surface area contributed by atoms with Crippen LogP contribution in [0.3, 0.4) is 0 Å². The Hall–Kier alpha value is -4.74. The van der Waals surface area contributed by atoms with Crippen molar-refractivity contribution in [3.63, 3.8) is 0 Å². The molecule has 11 heteroatoms. The highest BCUT2D eigenvalue weighted by Crippen LogP contribution is 2.42. The summed E-state index contributed by atoms with van der Waals surface area (Å²) in [5.41, 5.74) is 6.91. The summed E-state index contributed by atoms with van der Waals surface area (Å²) in [6, 6.07) is 14.7. The molecule has 6 rings (SSSR count). The first-order chi connectivity index (χ1) is 25.3. The Kier molecular flexibility index (Phi) is 11.3. The van der Waals surface area contributed by atoms with E-state index >= 15 is 0 Å². The smallest absolute Gasteiger partial charge is 0.305 e. The normalized spacial score (nSPS) is 21.6. The molecule has 4 N–H and O–H groups in total. The van der Waals surface area contributed by atoms with Crippen LogP contribution in [-0.2, 0) is 43.2 Å². The predicted molar refractivity (Wildman–Crippen MR) is 204 cm³/mol. The summed E-state index contributed by atoms with van der Waals surface area (Å²) in [5, 5.41) is 16.1. The minimum atomic E-state index is -0.925. The topological polar surface area (TPSA) is 149 Å². The number of pyridine rings is 1. The summed E-state index contributed by atoms with van der Waals surface area (Å²) in [5.74, 6) is 5.56. The second kappa shape index (κ2) is 15.7. The van der Waals surface area contributed by atoms with E-state index in [0.29, 0.717) is 31.4 Å². The fraction of sp³-hybridized carbons (Fsp3) is 0.476. The number of aromatic nitrogens is 2. The van der Waals surface area contributed by atoms with Gasteiger partial charge in [0.15, 0.2) is 0 Å². The van der Waals surface area contributed by atoms with Gasteiger partial charge in [-0.25, -0.2) is 5.84 Å². The molecule has 0 spiro atoms. The maximum atomic E-state index is 13.7. The van der Waals surface area contributed by atoms with E-state index in [1.54, 1.807) is 25.4 Å². The first-order valence-electron chi connectivity index (χ1n) is 18.8. The number of carbonyl (C=O) groups is 3. The van der Waals surface area contributed by atoms with E-state index < -0.39 is 17.4 Å². The highest BCUT2D eigenvalue weighted by Gasteiger charge is 2.41. The van der Waals surface area contributed by atoms with E-state index in [4.69, 9.17) is 20.3 Å². The number of esters is 1. The Morgan fingerprint density at radius 1 is 1.15 bits per heavy atom. The number of phenols is 1. The van der Waals surface area contributed by atoms with Crippen LogP contribution in [0.25, 0.3) is 33.3 Å². The van der Waals surface area contributed by atoms with Crippen LogP contribution < -0.4 is 11.2 Å². The molecular formula is C42H53N5O6. The Morgan fingerprint density at radius 2 is 1.92 bits per heavy atom. The fourth-order valence-electron chi connectivity index (χ4n) is 7.57. The average molecular weight is 724 g/mol. The second-order valence-corrected chi connectivity index (χ2v) is 15.6. The summed E-state index contributed by atoms with van der Waals surface area (Å²) in [6.07, 6.45) is 4.25. The zero-order valence-electron chi connectivity index (χ0n) is 31.8. The number of hydrogen-bond acceptors (Lipinski definition) is 8. The zero-order valence-corrected chi connectivity index (χ0v) is 31.8. The summed E-state index contributed by atoms with van der Waals surface area (Å²) >= 11 is 0. The van der Waals surface area contributed by atoms with E-state index in [-0.39, 0.29) is 61.6 Å². The molecule has 4 atom stereocenters. The van der Waals surface area contributed by atoms with E-state index in [1.807, 2.05) is 32.0 Å². The standard InChI is InChI=1S/C42H53N5O6/c1-7-46-36-14-13-28-22-33(36)34(39(46)31-11-10-15-44-38(31)26(3)52-6)23-42(4,5)24-53-37(49)12-8-9-16-47(43)41(51)35(45-40(50)32-17-25(32)2)20-27-18-29(28)21-30(48)19-27/h10-11,13-15,18-19,21-22,25-26,32,35,48H,7-9,12,16-17,20,23-24,43H2,1-6H3,(H,45,50)/t25-,26?,32?,35?/m1/s1. The maximum absolute atomic E-state index is 13.7. The van der Waals surface area contributed by atoms with Crippen molar-refractivity contribution in [1.82, 2.24) is 19.9 Å². The molecule has 4 bridgehead atoms. The van der Waals surface area contributed by atoms with Gasteiger partial charge >= 0.3 is 5.97 Å². The molecule has 1 fully saturated rings. The van der Waals surface area contributed by atoms with Crippen molar-refractivity contribution < 1.29 is 29.0 Å². The van der Waals surface area contributed by atoms with Crippen molar-refractivity contribution in [2.24, 2.45) is 23.1 Å². The number of methoxy groups -OCH3 is 1. The Morgan fingerprint density at radius 3 is 2.64 bits per heavy atom. The van der Waals surface area contributed by atoms with Gasteiger partial charge in [-0.15, -0.1) is 0 Å². The lowest BCUT2D eigenvalue weighted by atomic mass is 9.84. The van der Waals surface area contributed by atoms with E-state index in [1.165, 1.54) is 0 Å². The highest BCUT2D eigenvalue weighted by atomic mass is 16.5. The monoisotopic (exact) mass is 723 g/mol. The number of aromatic hydroxyl groups is 1. The molecule has 53 heavy (non-hydrogen) atoms. The number of aryl methyl sites for hydroxylation is 1. The predicted octanol–water partition coefficient (Wildman–Crippen LogP) is 6.48. The van der Waals surface area contributed by atoms with Crippen molar-refractivity contribution in [1.29, 1.82) is 0 Å². The van der Waals surface area contributed by atoms with Crippen molar-refractivity contribution >= 4 is 28.7 Å². The minimum Gasteiger partial charge on any atom is -0.508 e. The number of phenolic OH excluding ortho intramolecular Hbond substituents is 1. The summed E-state index contributed by atoms with van der Waals surface area (Å²) < 4.78 is 13.9. The van der Waals surface area contributed by atoms with Crippen LogP contribution in [0.15, 0.2) is 54.7 Å². The van der Waals surface area contributed by atoms with Gasteiger partial charge in [-0.3, -0.25) is 24.4 Å². The van der Waals surface area contributed by atoms with E-state index in [9.17, 15) is 19.5 Å². The molecule has 11 nitrogen and oxygen atoms in total. The lowest BCUT2D eigenvalue weighted by Crippen LogP contribution is -2.52. The summed E-state index contributed by atoms with van der Waals surface area (Å²) in [7, 11) is 1.68. The quantitative estimate of drug-likeness (QED) is 0.116. The number of rotatable bonds is 6. The van der Waals surface area contributed by atoms with Crippen molar-refractivity contribution in [2.75, 3.05) is 20.3 Å². The van der Waals surface area contributed by atoms with Gasteiger partial charge in [-0.05, 0) is 104 Å². The van der Waals surface area contributed by atoms with Gasteiger partial charge in [-0.2, -0.15) is 0 Å². The molecule has 2 aromatic heterocycles. The lowest BCUT2D eigenvalue weighted by molar-refractivity contribution is -0.146. The Bertz CT molecular complexity index is 2000. The largest absolute Gasteiger partial charge is 0.508 e. The summed E-state index contributed by atoms with van der Waals surface area (Å²) in [4.78, 5) is 44.6. The number of nitrogens with zero attached hydrogens (tertiary/aromatic N) is 3. The number of carbonyl (C=O) groups excluding carboxylic acids is 3. The third kappa shape index (κ3) is 8.41. The number of fused-ring (bicyclic) bond motifs is 4. The number of benzene rings is 2. The van der Waals surface area contributed by atoms with Crippen molar-refractivity contribution in [3.05, 3.63) is 71.5 Å². The molecule has 4 aromatic rings. The Balaban J connectivity index is 1.51. The number of hydrogen-bond donors (Lipinski definition) is 3. The second-order valence-electron chi connectivity index (χ2n) is 15.6. The third-order valence-electron chi connectivity index (χ3n) is 10.7. The number of hydrazine groups is 1. The van der Waals surface area contributed by atoms with Gasteiger partial charge in [0.25, 0.3) is 5.91 Å². The number of amides is 2. The van der Waals surface area contributed by atoms with Gasteiger partial charge in [0.05, 0.1) is 24.1 Å². The Labute approximate surface area is 311 Å². The van der Waals surface area contributed by atoms with Crippen LogP contribution in [0.5, 0.6) is 5.75 Å². The van der Waals surface area contributed by atoms with Crippen molar-refractivity contribution in [3.8, 4) is 28.1 Å². The number of nitrogens with one attached hydrogen (secondary N) is 1. The minimum absolute atomic E-state index is 0.0567. The molecule has 3 heterocycles. The maximum Gasteiger partial charge on any atom is 0.305 e. The number of cyclic esters (lactones) is 1. The number of ether oxygens (including phenoxy) is 2. The van der Waals surface area contributed by atoms with E-state index in [0.717, 1.165) is 56.0 Å². The lowest BCUT2D eigenvalue weighted by Gasteiger charge is -2.26. The molecule has 0 radical (unpaired) electrons. The van der Waals surface area contributed by atoms with Gasteiger partial charge < -0.3 is 24.5 Å². The molecule has 282 valence electrons. The molecule has 0 saturated heterocycles. The molecule has 3 unspecified atom stereocenters. The number of nitrogens with two attached hydrogens (primary N) is 1. The van der Waals surface area contributed by atoms with Gasteiger partial charge in [-0.1, -0.05) is 32.9 Å². The fourth-order valence-corrected chi connectivity index (χ4v) is 7.57. The average Bonchev–Trinajstić information content (AvgIpc) is 3.80. The molecular weight excluding hydrogens is 670 g/mol. The molecule has 2 aromatic carbocycles. The summed E-state index contributed by atoms with van der Waals surface area (Å²) in [6.45, 7) is 11.5. The highest BCUT2D eigenvalue weighted by molar-refractivity contribution is 5.95. The van der Waals surface area contributed by atoms with Gasteiger partial charge in [0.1, 0.15) is 11.8 Å². The third-order valence-corrected chi connectivity index (χ3v) is 10.7. The van der Waals surface area contributed by atoms with Crippen LogP contribution >= 0.6 is 0 Å². The molecule has 1 aliphatic heterocycles. The SMILES string of the molecule is CCn1c(-c2cccnc2C(C)OC)c2c3cc(ccc31)-c1cc(O)cc(c1)CC(NC(=O)C1C[C@H]1C)C(=O)N(N)CCCCC(=O)OCC(C)(C)C2.